The molecule has 0 fully saturated rings. The van der Waals surface area contributed by atoms with Crippen LogP contribution in [-0.2, 0) is 0 Å². The summed E-state index contributed by atoms with van der Waals surface area (Å²) in [5.74, 6) is 0.796. The lowest BCUT2D eigenvalue weighted by Gasteiger charge is -2.11. The Morgan fingerprint density at radius 3 is 2.57 bits per heavy atom. The lowest BCUT2D eigenvalue weighted by Crippen LogP contribution is -1.94. The zero-order valence-corrected chi connectivity index (χ0v) is 14.4. The fraction of sp³-hybridized carbons (Fsp3) is 0.111. The van der Waals surface area contributed by atoms with Crippen molar-refractivity contribution < 1.29 is 4.74 Å². The average molecular weight is 338 g/mol. The standard InChI is InChI=1S/C18H14N2OS2/c1-21-13-7-5-12(6-8-13)14-10-16(17-4-3-9-23-17)20-18(22-2)15(14)11-19/h3-10H,1-2H3. The average Bonchev–Trinajstić information content (AvgIpc) is 3.15. The summed E-state index contributed by atoms with van der Waals surface area (Å²) in [6.07, 6.45) is 1.94. The third kappa shape index (κ3) is 3.09. The van der Waals surface area contributed by atoms with Gasteiger partial charge in [0, 0.05) is 5.56 Å². The van der Waals surface area contributed by atoms with Gasteiger partial charge in [0.15, 0.2) is 0 Å². The number of pyridine rings is 1. The molecule has 3 aromatic rings. The molecule has 0 bridgehead atoms. The number of hydrogen-bond donors (Lipinski definition) is 0. The summed E-state index contributed by atoms with van der Waals surface area (Å²) in [6, 6.07) is 16.1. The molecule has 1 aromatic carbocycles. The number of methoxy groups -OCH3 is 1. The van der Waals surface area contributed by atoms with Crippen molar-refractivity contribution in [3.05, 3.63) is 53.4 Å². The molecule has 0 aliphatic carbocycles. The largest absolute Gasteiger partial charge is 0.497 e. The summed E-state index contributed by atoms with van der Waals surface area (Å²) in [6.45, 7) is 0. The van der Waals surface area contributed by atoms with Gasteiger partial charge >= 0.3 is 0 Å². The molecule has 0 radical (unpaired) electrons. The zero-order chi connectivity index (χ0) is 16.2. The highest BCUT2D eigenvalue weighted by molar-refractivity contribution is 7.98. The van der Waals surface area contributed by atoms with Gasteiger partial charge in [0.1, 0.15) is 16.8 Å². The highest BCUT2D eigenvalue weighted by Crippen LogP contribution is 2.35. The molecular formula is C18H14N2OS2. The number of ether oxygens (including phenoxy) is 1. The van der Waals surface area contributed by atoms with Gasteiger partial charge in [-0.25, -0.2) is 4.98 Å². The maximum Gasteiger partial charge on any atom is 0.118 e. The lowest BCUT2D eigenvalue weighted by molar-refractivity contribution is 0.415. The Labute approximate surface area is 143 Å². The first-order valence-electron chi connectivity index (χ1n) is 6.94. The van der Waals surface area contributed by atoms with E-state index in [9.17, 15) is 5.26 Å². The molecule has 3 rings (SSSR count). The molecule has 0 unspecified atom stereocenters. The Morgan fingerprint density at radius 1 is 1.22 bits per heavy atom. The molecule has 2 aromatic heterocycles. The van der Waals surface area contributed by atoms with Gasteiger partial charge in [-0.05, 0) is 41.5 Å². The molecule has 0 amide bonds. The second-order valence-corrected chi connectivity index (χ2v) is 6.50. The summed E-state index contributed by atoms with van der Waals surface area (Å²) in [7, 11) is 1.64. The molecule has 0 aliphatic heterocycles. The number of aromatic nitrogens is 1. The number of nitriles is 1. The minimum absolute atomic E-state index is 0.614. The van der Waals surface area contributed by atoms with E-state index >= 15 is 0 Å². The number of rotatable bonds is 4. The second kappa shape index (κ2) is 6.86. The van der Waals surface area contributed by atoms with Crippen LogP contribution in [0.4, 0.5) is 0 Å². The second-order valence-electron chi connectivity index (χ2n) is 4.76. The van der Waals surface area contributed by atoms with Gasteiger partial charge < -0.3 is 4.74 Å². The molecular weight excluding hydrogens is 324 g/mol. The Morgan fingerprint density at radius 2 is 2.00 bits per heavy atom. The first kappa shape index (κ1) is 15.6. The van der Waals surface area contributed by atoms with Gasteiger partial charge in [0.2, 0.25) is 0 Å². The number of nitrogens with zero attached hydrogens (tertiary/aromatic N) is 2. The topological polar surface area (TPSA) is 45.9 Å². The van der Waals surface area contributed by atoms with Crippen molar-refractivity contribution >= 4 is 23.1 Å². The maximum absolute atomic E-state index is 9.59. The third-order valence-corrected chi connectivity index (χ3v) is 5.04. The van der Waals surface area contributed by atoms with E-state index in [1.807, 2.05) is 54.1 Å². The third-order valence-electron chi connectivity index (χ3n) is 3.47. The van der Waals surface area contributed by atoms with E-state index in [4.69, 9.17) is 4.74 Å². The van der Waals surface area contributed by atoms with Gasteiger partial charge in [0.05, 0.1) is 23.2 Å². The van der Waals surface area contributed by atoms with Crippen LogP contribution in [0.5, 0.6) is 5.75 Å². The van der Waals surface area contributed by atoms with Crippen LogP contribution in [0.3, 0.4) is 0 Å². The van der Waals surface area contributed by atoms with Gasteiger partial charge in [-0.2, -0.15) is 5.26 Å². The van der Waals surface area contributed by atoms with E-state index < -0.39 is 0 Å². The van der Waals surface area contributed by atoms with Crippen LogP contribution < -0.4 is 4.74 Å². The normalized spacial score (nSPS) is 10.3. The number of thiophene rings is 1. The van der Waals surface area contributed by atoms with Crippen molar-refractivity contribution in [1.82, 2.24) is 4.98 Å². The van der Waals surface area contributed by atoms with Crippen molar-refractivity contribution in [2.45, 2.75) is 5.03 Å². The van der Waals surface area contributed by atoms with Crippen LogP contribution in [0.2, 0.25) is 0 Å². The molecule has 0 spiro atoms. The van der Waals surface area contributed by atoms with Crippen molar-refractivity contribution in [2.24, 2.45) is 0 Å². The molecule has 0 aliphatic rings. The summed E-state index contributed by atoms with van der Waals surface area (Å²) < 4.78 is 5.21. The molecule has 2 heterocycles. The van der Waals surface area contributed by atoms with Gasteiger partial charge in [-0.3, -0.25) is 0 Å². The predicted molar refractivity (Wildman–Crippen MR) is 96.0 cm³/mol. The summed E-state index contributed by atoms with van der Waals surface area (Å²) in [5, 5.41) is 12.4. The fourth-order valence-electron chi connectivity index (χ4n) is 2.33. The summed E-state index contributed by atoms with van der Waals surface area (Å²) >= 11 is 3.14. The highest BCUT2D eigenvalue weighted by Gasteiger charge is 2.15. The van der Waals surface area contributed by atoms with E-state index in [1.165, 1.54) is 11.8 Å². The summed E-state index contributed by atoms with van der Waals surface area (Å²) in [5.41, 5.74) is 3.40. The smallest absolute Gasteiger partial charge is 0.118 e. The fourth-order valence-corrected chi connectivity index (χ4v) is 3.56. The highest BCUT2D eigenvalue weighted by atomic mass is 32.2. The van der Waals surface area contributed by atoms with E-state index in [-0.39, 0.29) is 0 Å². The molecule has 0 N–H and O–H groups in total. The van der Waals surface area contributed by atoms with Crippen LogP contribution in [0.25, 0.3) is 21.7 Å². The first-order chi connectivity index (χ1) is 11.3. The van der Waals surface area contributed by atoms with E-state index in [0.29, 0.717) is 5.56 Å². The molecule has 0 atom stereocenters. The van der Waals surface area contributed by atoms with Crippen molar-refractivity contribution in [3.8, 4) is 33.5 Å². The molecule has 5 heteroatoms. The van der Waals surface area contributed by atoms with E-state index in [1.54, 1.807) is 18.4 Å². The minimum Gasteiger partial charge on any atom is -0.497 e. The van der Waals surface area contributed by atoms with Crippen LogP contribution >= 0.6 is 23.1 Å². The monoisotopic (exact) mass is 338 g/mol. The Kier molecular flexibility index (Phi) is 4.65. The molecule has 23 heavy (non-hydrogen) atoms. The molecule has 0 saturated heterocycles. The predicted octanol–water partition coefficient (Wildman–Crippen LogP) is 5.08. The van der Waals surface area contributed by atoms with E-state index in [2.05, 4.69) is 11.1 Å². The Balaban J connectivity index is 2.20. The van der Waals surface area contributed by atoms with Gasteiger partial charge in [-0.15, -0.1) is 23.1 Å². The quantitative estimate of drug-likeness (QED) is 0.622. The number of thioether (sulfide) groups is 1. The Hall–Kier alpha value is -2.29. The molecule has 114 valence electrons. The van der Waals surface area contributed by atoms with Crippen molar-refractivity contribution in [1.29, 1.82) is 5.26 Å². The minimum atomic E-state index is 0.614. The number of hydrogen-bond acceptors (Lipinski definition) is 5. The Bertz CT molecular complexity index is 850. The van der Waals surface area contributed by atoms with Crippen LogP contribution in [-0.4, -0.2) is 18.3 Å². The van der Waals surface area contributed by atoms with Crippen LogP contribution in [0.15, 0.2) is 52.9 Å². The molecule has 3 nitrogen and oxygen atoms in total. The maximum atomic E-state index is 9.59. The summed E-state index contributed by atoms with van der Waals surface area (Å²) in [4.78, 5) is 5.75. The van der Waals surface area contributed by atoms with Crippen LogP contribution in [0, 0.1) is 11.3 Å². The number of benzene rings is 1. The van der Waals surface area contributed by atoms with Crippen LogP contribution in [0.1, 0.15) is 5.56 Å². The lowest BCUT2D eigenvalue weighted by atomic mass is 10.0. The molecule has 0 saturated carbocycles. The van der Waals surface area contributed by atoms with Crippen molar-refractivity contribution in [2.75, 3.05) is 13.4 Å². The van der Waals surface area contributed by atoms with Crippen molar-refractivity contribution in [3.63, 3.8) is 0 Å². The SMILES string of the molecule is COc1ccc(-c2cc(-c3cccs3)nc(SC)c2C#N)cc1. The first-order valence-corrected chi connectivity index (χ1v) is 9.04. The van der Waals surface area contributed by atoms with Gasteiger partial charge in [0.25, 0.3) is 0 Å². The zero-order valence-electron chi connectivity index (χ0n) is 12.7. The van der Waals surface area contributed by atoms with Gasteiger partial charge in [-0.1, -0.05) is 18.2 Å². The van der Waals surface area contributed by atoms with E-state index in [0.717, 1.165) is 32.5 Å².